The average molecular weight is 222 g/mol. The van der Waals surface area contributed by atoms with Crippen molar-refractivity contribution in [1.82, 2.24) is 5.32 Å². The Morgan fingerprint density at radius 1 is 1.44 bits per heavy atom. The fourth-order valence-electron chi connectivity index (χ4n) is 1.18. The number of benzene rings is 1. The summed E-state index contributed by atoms with van der Waals surface area (Å²) >= 11 is 0. The van der Waals surface area contributed by atoms with Crippen molar-refractivity contribution >= 4 is 5.91 Å². The van der Waals surface area contributed by atoms with Gasteiger partial charge in [-0.2, -0.15) is 0 Å². The normalized spacial score (nSPS) is 11.9. The summed E-state index contributed by atoms with van der Waals surface area (Å²) in [6.07, 6.45) is 0.644. The molecule has 4 nitrogen and oxygen atoms in total. The second-order valence-electron chi connectivity index (χ2n) is 3.47. The topological polar surface area (TPSA) is 64.4 Å². The molecule has 0 aliphatic rings. The maximum Gasteiger partial charge on any atom is 0.237 e. The van der Waals surface area contributed by atoms with E-state index in [4.69, 9.17) is 10.5 Å². The van der Waals surface area contributed by atoms with Crippen molar-refractivity contribution < 1.29 is 9.53 Å². The largest absolute Gasteiger partial charge is 0.492 e. The van der Waals surface area contributed by atoms with Crippen LogP contribution in [0.15, 0.2) is 30.3 Å². The maximum atomic E-state index is 11.3. The average Bonchev–Trinajstić information content (AvgIpc) is 2.34. The number of nitrogens with one attached hydrogen (secondary N) is 1. The first-order valence-electron chi connectivity index (χ1n) is 5.45. The molecule has 1 aromatic rings. The lowest BCUT2D eigenvalue weighted by Crippen LogP contribution is -2.41. The van der Waals surface area contributed by atoms with E-state index in [-0.39, 0.29) is 5.91 Å². The minimum absolute atomic E-state index is 0.126. The summed E-state index contributed by atoms with van der Waals surface area (Å²) in [5.74, 6) is 0.677. The highest BCUT2D eigenvalue weighted by molar-refractivity contribution is 5.81. The molecule has 0 fully saturated rings. The zero-order chi connectivity index (χ0) is 11.8. The van der Waals surface area contributed by atoms with Crippen LogP contribution < -0.4 is 15.8 Å². The highest BCUT2D eigenvalue weighted by atomic mass is 16.5. The standard InChI is InChI=1S/C12H18N2O2/c1-2-11(13)12(15)14-8-9-16-10-6-4-3-5-7-10/h3-7,11H,2,8-9,13H2,1H3,(H,14,15)/t11-/m1/s1. The molecule has 0 aromatic heterocycles. The third kappa shape index (κ3) is 4.31. The van der Waals surface area contributed by atoms with Gasteiger partial charge in [-0.05, 0) is 18.6 Å². The second-order valence-corrected chi connectivity index (χ2v) is 3.47. The number of rotatable bonds is 6. The molecule has 0 spiro atoms. The molecular formula is C12H18N2O2. The van der Waals surface area contributed by atoms with Crippen LogP contribution in [-0.4, -0.2) is 25.1 Å². The molecule has 88 valence electrons. The van der Waals surface area contributed by atoms with Crippen molar-refractivity contribution in [2.24, 2.45) is 5.73 Å². The molecule has 0 aliphatic heterocycles. The lowest BCUT2D eigenvalue weighted by Gasteiger charge is -2.10. The molecule has 0 heterocycles. The van der Waals surface area contributed by atoms with E-state index in [0.29, 0.717) is 19.6 Å². The number of carbonyl (C=O) groups excluding carboxylic acids is 1. The van der Waals surface area contributed by atoms with Crippen LogP contribution in [0.25, 0.3) is 0 Å². The van der Waals surface area contributed by atoms with E-state index in [1.165, 1.54) is 0 Å². The predicted octanol–water partition coefficient (Wildman–Crippen LogP) is 0.919. The monoisotopic (exact) mass is 222 g/mol. The molecule has 3 N–H and O–H groups in total. The lowest BCUT2D eigenvalue weighted by atomic mass is 10.2. The third-order valence-electron chi connectivity index (χ3n) is 2.19. The summed E-state index contributed by atoms with van der Waals surface area (Å²) in [6, 6.07) is 9.06. The van der Waals surface area contributed by atoms with E-state index in [2.05, 4.69) is 5.32 Å². The molecule has 4 heteroatoms. The Labute approximate surface area is 95.8 Å². The first kappa shape index (κ1) is 12.5. The van der Waals surface area contributed by atoms with E-state index >= 15 is 0 Å². The fourth-order valence-corrected chi connectivity index (χ4v) is 1.18. The molecule has 1 aromatic carbocycles. The Morgan fingerprint density at radius 2 is 2.12 bits per heavy atom. The molecule has 1 amide bonds. The van der Waals surface area contributed by atoms with E-state index < -0.39 is 6.04 Å². The predicted molar refractivity (Wildman–Crippen MR) is 63.2 cm³/mol. The number of amides is 1. The minimum Gasteiger partial charge on any atom is -0.492 e. The number of nitrogens with two attached hydrogens (primary N) is 1. The van der Waals surface area contributed by atoms with Crippen LogP contribution in [0.3, 0.4) is 0 Å². The zero-order valence-corrected chi connectivity index (χ0v) is 9.48. The van der Waals surface area contributed by atoms with Crippen molar-refractivity contribution in [3.63, 3.8) is 0 Å². The van der Waals surface area contributed by atoms with E-state index in [0.717, 1.165) is 5.75 Å². The van der Waals surface area contributed by atoms with Gasteiger partial charge in [-0.25, -0.2) is 0 Å². The van der Waals surface area contributed by atoms with Crippen LogP contribution in [0.2, 0.25) is 0 Å². The van der Waals surface area contributed by atoms with Crippen LogP contribution in [0, 0.1) is 0 Å². The summed E-state index contributed by atoms with van der Waals surface area (Å²) in [4.78, 5) is 11.3. The zero-order valence-electron chi connectivity index (χ0n) is 9.48. The third-order valence-corrected chi connectivity index (χ3v) is 2.19. The number of hydrogen-bond acceptors (Lipinski definition) is 3. The minimum atomic E-state index is -0.420. The highest BCUT2D eigenvalue weighted by Crippen LogP contribution is 2.07. The number of hydrogen-bond donors (Lipinski definition) is 2. The van der Waals surface area contributed by atoms with Gasteiger partial charge in [-0.1, -0.05) is 25.1 Å². The number of carbonyl (C=O) groups is 1. The Hall–Kier alpha value is -1.55. The van der Waals surface area contributed by atoms with Gasteiger partial charge >= 0.3 is 0 Å². The Kier molecular flexibility index (Phi) is 5.36. The summed E-state index contributed by atoms with van der Waals surface area (Å²) in [5.41, 5.74) is 5.56. The van der Waals surface area contributed by atoms with Crippen LogP contribution in [-0.2, 0) is 4.79 Å². The molecule has 1 atom stereocenters. The lowest BCUT2D eigenvalue weighted by molar-refractivity contribution is -0.122. The van der Waals surface area contributed by atoms with Crippen LogP contribution >= 0.6 is 0 Å². The number of para-hydroxylation sites is 1. The van der Waals surface area contributed by atoms with E-state index in [1.807, 2.05) is 37.3 Å². The highest BCUT2D eigenvalue weighted by Gasteiger charge is 2.09. The summed E-state index contributed by atoms with van der Waals surface area (Å²) in [7, 11) is 0. The van der Waals surface area contributed by atoms with Gasteiger partial charge in [0.2, 0.25) is 5.91 Å². The first-order valence-corrected chi connectivity index (χ1v) is 5.45. The van der Waals surface area contributed by atoms with Gasteiger partial charge in [0.05, 0.1) is 12.6 Å². The molecule has 0 unspecified atom stereocenters. The molecule has 0 saturated heterocycles. The second kappa shape index (κ2) is 6.85. The Morgan fingerprint density at radius 3 is 2.75 bits per heavy atom. The molecule has 1 rings (SSSR count). The Bertz CT molecular complexity index is 314. The maximum absolute atomic E-state index is 11.3. The van der Waals surface area contributed by atoms with Gasteiger partial charge in [0.1, 0.15) is 12.4 Å². The van der Waals surface area contributed by atoms with Crippen LogP contribution in [0.4, 0.5) is 0 Å². The van der Waals surface area contributed by atoms with E-state index in [1.54, 1.807) is 0 Å². The van der Waals surface area contributed by atoms with Gasteiger partial charge in [-0.3, -0.25) is 4.79 Å². The summed E-state index contributed by atoms with van der Waals surface area (Å²) in [6.45, 7) is 2.80. The first-order chi connectivity index (χ1) is 7.74. The van der Waals surface area contributed by atoms with Crippen molar-refractivity contribution in [3.8, 4) is 5.75 Å². The molecule has 0 aliphatic carbocycles. The van der Waals surface area contributed by atoms with Gasteiger partial charge in [0.15, 0.2) is 0 Å². The van der Waals surface area contributed by atoms with Gasteiger partial charge in [0.25, 0.3) is 0 Å². The SMILES string of the molecule is CC[C@@H](N)C(=O)NCCOc1ccccc1. The van der Waals surface area contributed by atoms with Crippen molar-refractivity contribution in [3.05, 3.63) is 30.3 Å². The summed E-state index contributed by atoms with van der Waals surface area (Å²) in [5, 5.41) is 2.71. The van der Waals surface area contributed by atoms with Crippen molar-refractivity contribution in [2.75, 3.05) is 13.2 Å². The summed E-state index contributed by atoms with van der Waals surface area (Å²) < 4.78 is 5.41. The van der Waals surface area contributed by atoms with Crippen molar-refractivity contribution in [2.45, 2.75) is 19.4 Å². The van der Waals surface area contributed by atoms with Gasteiger partial charge in [0, 0.05) is 0 Å². The van der Waals surface area contributed by atoms with Gasteiger partial charge in [-0.15, -0.1) is 0 Å². The molecule has 0 saturated carbocycles. The number of ether oxygens (including phenoxy) is 1. The smallest absolute Gasteiger partial charge is 0.237 e. The molecule has 16 heavy (non-hydrogen) atoms. The van der Waals surface area contributed by atoms with Gasteiger partial charge < -0.3 is 15.8 Å². The van der Waals surface area contributed by atoms with Crippen molar-refractivity contribution in [1.29, 1.82) is 0 Å². The van der Waals surface area contributed by atoms with Crippen LogP contribution in [0.1, 0.15) is 13.3 Å². The molecular weight excluding hydrogens is 204 g/mol. The Balaban J connectivity index is 2.15. The molecule has 0 bridgehead atoms. The van der Waals surface area contributed by atoms with Crippen LogP contribution in [0.5, 0.6) is 5.75 Å². The van der Waals surface area contributed by atoms with E-state index in [9.17, 15) is 4.79 Å². The fraction of sp³-hybridized carbons (Fsp3) is 0.417. The molecule has 0 radical (unpaired) electrons. The quantitative estimate of drug-likeness (QED) is 0.703.